The quantitative estimate of drug-likeness (QED) is 0.0905. The predicted molar refractivity (Wildman–Crippen MR) is 187 cm³/mol. The van der Waals surface area contributed by atoms with Crippen LogP contribution in [-0.2, 0) is 16.4 Å². The van der Waals surface area contributed by atoms with Crippen LogP contribution in [0.25, 0.3) is 0 Å². The highest BCUT2D eigenvalue weighted by atomic mass is 32.2. The lowest BCUT2D eigenvalue weighted by atomic mass is 10.0. The Morgan fingerprint density at radius 2 is 1.02 bits per heavy atom. The van der Waals surface area contributed by atoms with Crippen molar-refractivity contribution >= 4 is 21.8 Å². The highest BCUT2D eigenvalue weighted by Gasteiger charge is 2.18. The maximum absolute atomic E-state index is 12.3. The summed E-state index contributed by atoms with van der Waals surface area (Å²) in [5, 5.41) is 19.4. The molecule has 0 radical (unpaired) electrons. The van der Waals surface area contributed by atoms with E-state index in [1.807, 2.05) is 0 Å². The summed E-state index contributed by atoms with van der Waals surface area (Å²) in [5.74, 6) is -2.55. The van der Waals surface area contributed by atoms with E-state index in [9.17, 15) is 23.1 Å². The Balaban J connectivity index is 0.000000333. The third-order valence-electron chi connectivity index (χ3n) is 8.38. The zero-order chi connectivity index (χ0) is 34.5. The zero-order valence-corrected chi connectivity index (χ0v) is 29.5. The van der Waals surface area contributed by atoms with Crippen LogP contribution in [0.15, 0.2) is 88.7 Å². The van der Waals surface area contributed by atoms with Crippen molar-refractivity contribution in [2.45, 2.75) is 113 Å². The Morgan fingerprint density at radius 3 is 1.43 bits per heavy atom. The van der Waals surface area contributed by atoms with Crippen molar-refractivity contribution in [3.05, 3.63) is 95.6 Å². The fourth-order valence-electron chi connectivity index (χ4n) is 5.57. The predicted octanol–water partition coefficient (Wildman–Crippen LogP) is 8.33. The Hall–Kier alpha value is -3.49. The molecule has 0 aliphatic carbocycles. The average Bonchev–Trinajstić information content (AvgIpc) is 3.05. The van der Waals surface area contributed by atoms with E-state index in [0.29, 0.717) is 0 Å². The molecule has 7 nitrogen and oxygen atoms in total. The summed E-state index contributed by atoms with van der Waals surface area (Å²) in [7, 11) is 0.910. The number of unbranched alkanes of at least 4 members (excludes halogenated alkanes) is 13. The van der Waals surface area contributed by atoms with E-state index in [0.717, 1.165) is 35.3 Å². The molecule has 3 aromatic rings. The molecule has 3 aromatic carbocycles. The number of aromatic carboxylic acids is 2. The van der Waals surface area contributed by atoms with Crippen LogP contribution in [-0.4, -0.2) is 50.6 Å². The van der Waals surface area contributed by atoms with Crippen LogP contribution in [0.3, 0.4) is 0 Å². The molecule has 0 spiro atoms. The average molecular weight is 666 g/mol. The van der Waals surface area contributed by atoms with Gasteiger partial charge in [-0.25, -0.2) is 13.2 Å². The highest BCUT2D eigenvalue weighted by Crippen LogP contribution is 2.22. The third kappa shape index (κ3) is 15.8. The molecule has 8 heteroatoms. The van der Waals surface area contributed by atoms with Gasteiger partial charge in [0.2, 0.25) is 9.84 Å². The number of quaternary nitrogens is 1. The van der Waals surface area contributed by atoms with Crippen molar-refractivity contribution in [1.82, 2.24) is 0 Å². The van der Waals surface area contributed by atoms with Crippen molar-refractivity contribution in [3.63, 3.8) is 0 Å². The minimum atomic E-state index is -3.83. The lowest BCUT2D eigenvalue weighted by Crippen LogP contribution is -2.39. The van der Waals surface area contributed by atoms with Gasteiger partial charge in [0.15, 0.2) is 0 Å². The second kappa shape index (κ2) is 21.4. The third-order valence-corrected chi connectivity index (χ3v) is 10.2. The summed E-state index contributed by atoms with van der Waals surface area (Å²) >= 11 is 0. The summed E-state index contributed by atoms with van der Waals surface area (Å²) in [6.07, 6.45) is 20.2. The number of benzene rings is 3. The van der Waals surface area contributed by atoms with Gasteiger partial charge in [0.25, 0.3) is 0 Å². The van der Waals surface area contributed by atoms with Crippen LogP contribution in [0, 0.1) is 0 Å². The summed E-state index contributed by atoms with van der Waals surface area (Å²) < 4.78 is 25.7. The topological polar surface area (TPSA) is 112 Å². The van der Waals surface area contributed by atoms with E-state index in [-0.39, 0.29) is 20.9 Å². The minimum Gasteiger partial charge on any atom is -0.545 e. The second-order valence-electron chi connectivity index (χ2n) is 13.0. The van der Waals surface area contributed by atoms with Gasteiger partial charge in [0, 0.05) is 5.56 Å². The van der Waals surface area contributed by atoms with Crippen molar-refractivity contribution in [2.24, 2.45) is 0 Å². The summed E-state index contributed by atoms with van der Waals surface area (Å²) in [4.78, 5) is 21.2. The molecule has 1 N–H and O–H groups in total. The van der Waals surface area contributed by atoms with Gasteiger partial charge in [-0.05, 0) is 54.8 Å². The molecule has 0 atom stereocenters. The molecule has 0 aliphatic heterocycles. The first-order valence-corrected chi connectivity index (χ1v) is 18.7. The molecule has 0 aromatic heterocycles. The largest absolute Gasteiger partial charge is 0.545 e. The van der Waals surface area contributed by atoms with Crippen molar-refractivity contribution in [3.8, 4) is 0 Å². The number of carbonyl (C=O) groups excluding carboxylic acids is 1. The van der Waals surface area contributed by atoms with Gasteiger partial charge in [-0.3, -0.25) is 0 Å². The van der Waals surface area contributed by atoms with Gasteiger partial charge in [0.1, 0.15) is 6.54 Å². The second-order valence-corrected chi connectivity index (χ2v) is 15.0. The highest BCUT2D eigenvalue weighted by molar-refractivity contribution is 7.91. The standard InChI is InChI=1S/C25H46N.C14H10O6S/c1-4-5-6-7-8-9-10-11-12-13-14-15-16-20-23-26(2,3)24-25-21-18-17-19-22-25;15-13(16)9-1-5-11(6-2-9)21(19,20)12-7-3-10(4-8-12)14(17)18/h17-19,21-22H,4-16,20,23-24H2,1-3H3;1-8H,(H,15,16)(H,17,18)/q+1;/p-1. The number of rotatable bonds is 21. The molecule has 0 bridgehead atoms. The van der Waals surface area contributed by atoms with E-state index >= 15 is 0 Å². The molecule has 258 valence electrons. The monoisotopic (exact) mass is 665 g/mol. The lowest BCUT2D eigenvalue weighted by molar-refractivity contribution is -0.903. The van der Waals surface area contributed by atoms with E-state index in [1.54, 1.807) is 0 Å². The van der Waals surface area contributed by atoms with E-state index < -0.39 is 21.8 Å². The molecule has 0 unspecified atom stereocenters. The number of sulfone groups is 1. The normalized spacial score (nSPS) is 11.5. The molecule has 0 saturated carbocycles. The maximum atomic E-state index is 12.3. The zero-order valence-electron chi connectivity index (χ0n) is 28.7. The van der Waals surface area contributed by atoms with Crippen molar-refractivity contribution < 1.29 is 32.7 Å². The fraction of sp³-hybridized carbons (Fsp3) is 0.487. The number of carboxylic acids is 2. The van der Waals surface area contributed by atoms with Crippen LogP contribution >= 0.6 is 0 Å². The smallest absolute Gasteiger partial charge is 0.335 e. The molecule has 0 aliphatic rings. The lowest BCUT2D eigenvalue weighted by Gasteiger charge is -2.30. The van der Waals surface area contributed by atoms with Crippen LogP contribution in [0.4, 0.5) is 0 Å². The Kier molecular flexibility index (Phi) is 18.1. The van der Waals surface area contributed by atoms with Gasteiger partial charge >= 0.3 is 5.97 Å². The number of hydrogen-bond donors (Lipinski definition) is 1. The van der Waals surface area contributed by atoms with Crippen molar-refractivity contribution in [2.75, 3.05) is 20.6 Å². The maximum Gasteiger partial charge on any atom is 0.335 e. The first-order valence-electron chi connectivity index (χ1n) is 17.2. The van der Waals surface area contributed by atoms with Gasteiger partial charge in [-0.15, -0.1) is 0 Å². The Morgan fingerprint density at radius 1 is 0.617 bits per heavy atom. The van der Waals surface area contributed by atoms with E-state index in [4.69, 9.17) is 5.11 Å². The van der Waals surface area contributed by atoms with Gasteiger partial charge in [-0.1, -0.05) is 126 Å². The minimum absolute atomic E-state index is 0.0266. The fourth-order valence-corrected chi connectivity index (χ4v) is 6.83. The summed E-state index contributed by atoms with van der Waals surface area (Å²) in [6, 6.07) is 20.3. The Labute approximate surface area is 283 Å². The number of carboxylic acid groups (broad SMARTS) is 2. The van der Waals surface area contributed by atoms with Gasteiger partial charge < -0.3 is 19.5 Å². The molecule has 0 amide bonds. The van der Waals surface area contributed by atoms with Crippen LogP contribution in [0.5, 0.6) is 0 Å². The molecule has 0 saturated heterocycles. The number of carbonyl (C=O) groups is 2. The summed E-state index contributed by atoms with van der Waals surface area (Å²) in [6.45, 7) is 4.75. The van der Waals surface area contributed by atoms with Gasteiger partial charge in [0.05, 0.1) is 42.0 Å². The molecular formula is C39H55NO6S. The van der Waals surface area contributed by atoms with E-state index in [2.05, 4.69) is 51.4 Å². The number of hydrogen-bond acceptors (Lipinski definition) is 5. The molecule has 0 fully saturated rings. The first kappa shape index (κ1) is 39.7. The van der Waals surface area contributed by atoms with E-state index in [1.165, 1.54) is 126 Å². The van der Waals surface area contributed by atoms with Crippen LogP contribution in [0.2, 0.25) is 0 Å². The van der Waals surface area contributed by atoms with Gasteiger partial charge in [-0.2, -0.15) is 0 Å². The molecule has 0 heterocycles. The summed E-state index contributed by atoms with van der Waals surface area (Å²) in [5.41, 5.74) is 1.30. The van der Waals surface area contributed by atoms with Crippen LogP contribution < -0.4 is 5.11 Å². The molecule has 3 rings (SSSR count). The Bertz CT molecular complexity index is 1360. The van der Waals surface area contributed by atoms with Crippen LogP contribution in [0.1, 0.15) is 123 Å². The number of nitrogens with zero attached hydrogens (tertiary/aromatic N) is 1. The first-order chi connectivity index (χ1) is 22.5. The SMILES string of the molecule is CCCCCCCCCCCCCCCC[N+](C)(C)Cc1ccccc1.O=C([O-])c1ccc(S(=O)(=O)c2ccc(C(=O)O)cc2)cc1. The molecule has 47 heavy (non-hydrogen) atoms. The molecular weight excluding hydrogens is 610 g/mol. The van der Waals surface area contributed by atoms with Crippen molar-refractivity contribution in [1.29, 1.82) is 0 Å².